The highest BCUT2D eigenvalue weighted by Crippen LogP contribution is 2.33. The van der Waals surface area contributed by atoms with Gasteiger partial charge in [-0.3, -0.25) is 0 Å². The smallest absolute Gasteiger partial charge is 0.129 e. The predicted octanol–water partition coefficient (Wildman–Crippen LogP) is 4.57. The molecule has 0 spiro atoms. The molecular formula is C16H15BrF2O. The second-order valence-electron chi connectivity index (χ2n) is 4.78. The molecule has 0 saturated carbocycles. The normalized spacial score (nSPS) is 14.1. The minimum Gasteiger partial charge on any atom is -0.385 e. The Morgan fingerprint density at radius 1 is 1.15 bits per heavy atom. The first-order chi connectivity index (χ1) is 9.46. The van der Waals surface area contributed by atoms with E-state index >= 15 is 0 Å². The summed E-state index contributed by atoms with van der Waals surface area (Å²) in [6, 6.07) is 10.5. The van der Waals surface area contributed by atoms with E-state index < -0.39 is 11.4 Å². The number of hydrogen-bond donors (Lipinski definition) is 1. The van der Waals surface area contributed by atoms with Gasteiger partial charge in [-0.05, 0) is 30.2 Å². The molecule has 1 unspecified atom stereocenters. The molecule has 0 heterocycles. The lowest BCUT2D eigenvalue weighted by Gasteiger charge is -2.28. The Morgan fingerprint density at radius 2 is 1.85 bits per heavy atom. The second kappa shape index (κ2) is 6.02. The highest BCUT2D eigenvalue weighted by molar-refractivity contribution is 9.10. The van der Waals surface area contributed by atoms with Crippen molar-refractivity contribution in [3.05, 3.63) is 69.7 Å². The van der Waals surface area contributed by atoms with Crippen molar-refractivity contribution >= 4 is 15.9 Å². The predicted molar refractivity (Wildman–Crippen MR) is 78.4 cm³/mol. The van der Waals surface area contributed by atoms with Crippen molar-refractivity contribution in [2.75, 3.05) is 0 Å². The zero-order chi connectivity index (χ0) is 14.8. The zero-order valence-corrected chi connectivity index (χ0v) is 12.6. The summed E-state index contributed by atoms with van der Waals surface area (Å²) in [5.74, 6) is -0.790. The molecule has 0 aliphatic carbocycles. The van der Waals surface area contributed by atoms with E-state index in [9.17, 15) is 13.9 Å². The van der Waals surface area contributed by atoms with Gasteiger partial charge in [0.25, 0.3) is 0 Å². The molecule has 1 atom stereocenters. The van der Waals surface area contributed by atoms with Gasteiger partial charge in [-0.15, -0.1) is 0 Å². The average Bonchev–Trinajstić information content (AvgIpc) is 2.42. The van der Waals surface area contributed by atoms with Crippen molar-refractivity contribution in [3.63, 3.8) is 0 Å². The summed E-state index contributed by atoms with van der Waals surface area (Å²) in [7, 11) is 0. The minimum atomic E-state index is -1.31. The van der Waals surface area contributed by atoms with E-state index in [0.717, 1.165) is 5.56 Å². The molecule has 0 bridgehead atoms. The lowest BCUT2D eigenvalue weighted by Crippen LogP contribution is -2.29. The molecule has 4 heteroatoms. The summed E-state index contributed by atoms with van der Waals surface area (Å²) in [5.41, 5.74) is -0.316. The molecule has 2 aromatic rings. The summed E-state index contributed by atoms with van der Waals surface area (Å²) in [6.45, 7) is 1.80. The average molecular weight is 341 g/mol. The molecule has 2 rings (SSSR count). The van der Waals surface area contributed by atoms with Crippen molar-refractivity contribution in [1.29, 1.82) is 0 Å². The molecule has 0 amide bonds. The number of halogens is 3. The Bertz CT molecular complexity index is 615. The van der Waals surface area contributed by atoms with E-state index in [0.29, 0.717) is 10.9 Å². The molecule has 0 saturated heterocycles. The Morgan fingerprint density at radius 3 is 2.45 bits per heavy atom. The first-order valence-corrected chi connectivity index (χ1v) is 7.17. The Kier molecular flexibility index (Phi) is 4.55. The van der Waals surface area contributed by atoms with E-state index in [1.807, 2.05) is 0 Å². The number of aliphatic hydroxyl groups is 1. The van der Waals surface area contributed by atoms with Crippen LogP contribution >= 0.6 is 15.9 Å². The van der Waals surface area contributed by atoms with E-state index in [4.69, 9.17) is 0 Å². The lowest BCUT2D eigenvalue weighted by molar-refractivity contribution is 0.0290. The Balaban J connectivity index is 2.39. The van der Waals surface area contributed by atoms with Crippen LogP contribution in [0.5, 0.6) is 0 Å². The molecule has 1 nitrogen and oxygen atoms in total. The maximum Gasteiger partial charge on any atom is 0.129 e. The van der Waals surface area contributed by atoms with Crippen molar-refractivity contribution in [2.24, 2.45) is 0 Å². The van der Waals surface area contributed by atoms with E-state index in [2.05, 4.69) is 15.9 Å². The van der Waals surface area contributed by atoms with Gasteiger partial charge in [-0.25, -0.2) is 8.78 Å². The van der Waals surface area contributed by atoms with Gasteiger partial charge in [-0.2, -0.15) is 0 Å². The lowest BCUT2D eigenvalue weighted by atomic mass is 9.85. The van der Waals surface area contributed by atoms with Crippen LogP contribution in [0, 0.1) is 11.6 Å². The summed E-state index contributed by atoms with van der Waals surface area (Å²) in [6.07, 6.45) is 0.572. The first-order valence-electron chi connectivity index (χ1n) is 6.37. The first kappa shape index (κ1) is 15.1. The molecule has 1 N–H and O–H groups in total. The summed E-state index contributed by atoms with van der Waals surface area (Å²) in [4.78, 5) is 0. The van der Waals surface area contributed by atoms with Crippen molar-refractivity contribution in [2.45, 2.75) is 25.4 Å². The summed E-state index contributed by atoms with van der Waals surface area (Å²) in [5, 5.41) is 10.8. The largest absolute Gasteiger partial charge is 0.385 e. The molecule has 20 heavy (non-hydrogen) atoms. The van der Waals surface area contributed by atoms with Crippen molar-refractivity contribution < 1.29 is 13.9 Å². The maximum atomic E-state index is 13.9. The number of hydrogen-bond acceptors (Lipinski definition) is 1. The third-order valence-electron chi connectivity index (χ3n) is 3.46. The number of rotatable bonds is 4. The second-order valence-corrected chi connectivity index (χ2v) is 5.63. The van der Waals surface area contributed by atoms with Crippen LogP contribution in [0.25, 0.3) is 0 Å². The molecule has 0 aliphatic rings. The Labute approximate surface area is 125 Å². The quantitative estimate of drug-likeness (QED) is 0.864. The molecule has 106 valence electrons. The monoisotopic (exact) mass is 340 g/mol. The van der Waals surface area contributed by atoms with E-state index in [1.165, 1.54) is 18.2 Å². The highest BCUT2D eigenvalue weighted by atomic mass is 79.9. The third kappa shape index (κ3) is 3.07. The van der Waals surface area contributed by atoms with Crippen molar-refractivity contribution in [3.8, 4) is 0 Å². The van der Waals surface area contributed by atoms with Gasteiger partial charge in [0.05, 0.1) is 5.60 Å². The molecule has 0 aromatic heterocycles. The summed E-state index contributed by atoms with van der Waals surface area (Å²) < 4.78 is 27.6. The molecule has 2 aromatic carbocycles. The van der Waals surface area contributed by atoms with Gasteiger partial charge in [-0.1, -0.05) is 47.1 Å². The van der Waals surface area contributed by atoms with Crippen LogP contribution in [0.15, 0.2) is 46.9 Å². The fourth-order valence-electron chi connectivity index (χ4n) is 2.23. The third-order valence-corrected chi connectivity index (χ3v) is 4.20. The topological polar surface area (TPSA) is 20.2 Å². The standard InChI is InChI=1S/C16H15BrF2O/c1-2-16(20,13-5-3-4-6-15(13)19)10-11-7-8-12(18)9-14(11)17/h3-9,20H,2,10H2,1H3. The summed E-state index contributed by atoms with van der Waals surface area (Å²) >= 11 is 3.28. The molecule has 0 fully saturated rings. The van der Waals surface area contributed by atoms with E-state index in [1.54, 1.807) is 31.2 Å². The van der Waals surface area contributed by atoms with Gasteiger partial charge in [0.2, 0.25) is 0 Å². The molecule has 0 radical (unpaired) electrons. The maximum absolute atomic E-state index is 13.9. The van der Waals surface area contributed by atoms with Gasteiger partial charge >= 0.3 is 0 Å². The van der Waals surface area contributed by atoms with Crippen LogP contribution in [0.1, 0.15) is 24.5 Å². The van der Waals surface area contributed by atoms with Gasteiger partial charge in [0.15, 0.2) is 0 Å². The van der Waals surface area contributed by atoms with Crippen LogP contribution in [-0.4, -0.2) is 5.11 Å². The van der Waals surface area contributed by atoms with E-state index in [-0.39, 0.29) is 17.8 Å². The zero-order valence-electron chi connectivity index (χ0n) is 11.0. The van der Waals surface area contributed by atoms with Crippen molar-refractivity contribution in [1.82, 2.24) is 0 Å². The molecule has 0 aliphatic heterocycles. The molecular weight excluding hydrogens is 326 g/mol. The van der Waals surface area contributed by atoms with Gasteiger partial charge < -0.3 is 5.11 Å². The van der Waals surface area contributed by atoms with Gasteiger partial charge in [0, 0.05) is 16.5 Å². The fraction of sp³-hybridized carbons (Fsp3) is 0.250. The number of benzene rings is 2. The van der Waals surface area contributed by atoms with Crippen LogP contribution in [0.4, 0.5) is 8.78 Å². The van der Waals surface area contributed by atoms with Crippen LogP contribution in [0.3, 0.4) is 0 Å². The van der Waals surface area contributed by atoms with Crippen LogP contribution in [0.2, 0.25) is 0 Å². The van der Waals surface area contributed by atoms with Crippen LogP contribution in [-0.2, 0) is 12.0 Å². The minimum absolute atomic E-state index is 0.214. The highest BCUT2D eigenvalue weighted by Gasteiger charge is 2.30. The van der Waals surface area contributed by atoms with Crippen LogP contribution < -0.4 is 0 Å². The Hall–Kier alpha value is -1.26. The van der Waals surface area contributed by atoms with Gasteiger partial charge in [0.1, 0.15) is 11.6 Å². The SMILES string of the molecule is CCC(O)(Cc1ccc(F)cc1Br)c1ccccc1F. The fourth-order valence-corrected chi connectivity index (χ4v) is 2.72.